The van der Waals surface area contributed by atoms with Crippen molar-refractivity contribution in [3.63, 3.8) is 0 Å². The molecule has 0 aliphatic carbocycles. The lowest BCUT2D eigenvalue weighted by atomic mass is 10.1. The summed E-state index contributed by atoms with van der Waals surface area (Å²) in [5.74, 6) is 0.882. The Bertz CT molecular complexity index is 652. The molecule has 0 amide bonds. The van der Waals surface area contributed by atoms with Gasteiger partial charge in [0.05, 0.1) is 29.0 Å². The van der Waals surface area contributed by atoms with Crippen molar-refractivity contribution in [1.29, 1.82) is 0 Å². The van der Waals surface area contributed by atoms with Gasteiger partial charge in [-0.25, -0.2) is 4.79 Å². The van der Waals surface area contributed by atoms with Gasteiger partial charge >= 0.3 is 5.97 Å². The van der Waals surface area contributed by atoms with Gasteiger partial charge in [-0.2, -0.15) is 0 Å². The minimum absolute atomic E-state index is 0.444. The smallest absolute Gasteiger partial charge is 0.367 e. The first-order valence-electron chi connectivity index (χ1n) is 7.64. The lowest BCUT2D eigenvalue weighted by molar-refractivity contribution is -0.136. The molecule has 1 aromatic carbocycles. The van der Waals surface area contributed by atoms with Gasteiger partial charge < -0.3 is 14.3 Å². The van der Waals surface area contributed by atoms with E-state index in [9.17, 15) is 4.79 Å². The Kier molecular flexibility index (Phi) is 6.21. The molecule has 5 nitrogen and oxygen atoms in total. The van der Waals surface area contributed by atoms with Crippen LogP contribution in [0.2, 0.25) is 0 Å². The number of halogens is 1. The van der Waals surface area contributed by atoms with Crippen LogP contribution in [0.4, 0.5) is 0 Å². The van der Waals surface area contributed by atoms with Gasteiger partial charge in [0, 0.05) is 0 Å². The second-order valence-corrected chi connectivity index (χ2v) is 5.93. The number of ether oxygens (including phenoxy) is 2. The fourth-order valence-corrected chi connectivity index (χ4v) is 2.65. The largest absolute Gasteiger partial charge is 0.490 e. The summed E-state index contributed by atoms with van der Waals surface area (Å²) in [7, 11) is 0. The van der Waals surface area contributed by atoms with Crippen LogP contribution in [0.25, 0.3) is 6.08 Å². The van der Waals surface area contributed by atoms with Gasteiger partial charge in [0.25, 0.3) is 0 Å². The normalized spacial score (nSPS) is 15.6. The molecule has 0 saturated carbocycles. The third-order valence-corrected chi connectivity index (χ3v) is 3.85. The molecule has 0 aromatic heterocycles. The summed E-state index contributed by atoms with van der Waals surface area (Å²) < 4.78 is 12.3. The van der Waals surface area contributed by atoms with Crippen LogP contribution in [0.15, 0.2) is 27.3 Å². The van der Waals surface area contributed by atoms with Crippen LogP contribution >= 0.6 is 15.9 Å². The number of oxime groups is 1. The second kappa shape index (κ2) is 8.15. The molecule has 23 heavy (non-hydrogen) atoms. The molecular weight excluding hydrogens is 362 g/mol. The molecule has 1 aliphatic heterocycles. The number of nitrogens with zero attached hydrogens (tertiary/aromatic N) is 1. The average molecular weight is 382 g/mol. The van der Waals surface area contributed by atoms with Crippen LogP contribution in [-0.4, -0.2) is 24.9 Å². The zero-order valence-corrected chi connectivity index (χ0v) is 15.1. The van der Waals surface area contributed by atoms with Crippen LogP contribution in [0.3, 0.4) is 0 Å². The topological polar surface area (TPSA) is 57.1 Å². The summed E-state index contributed by atoms with van der Waals surface area (Å²) >= 11 is 3.52. The van der Waals surface area contributed by atoms with E-state index in [0.717, 1.165) is 22.9 Å². The number of unbranched alkanes of at least 4 members (excludes halogenated alkanes) is 1. The summed E-state index contributed by atoms with van der Waals surface area (Å²) in [6, 6.07) is 3.73. The number of carbonyl (C=O) groups excluding carboxylic acids is 1. The van der Waals surface area contributed by atoms with Crippen LogP contribution in [0.1, 0.15) is 39.2 Å². The van der Waals surface area contributed by atoms with Crippen LogP contribution < -0.4 is 9.47 Å². The van der Waals surface area contributed by atoms with Crippen molar-refractivity contribution in [3.8, 4) is 11.5 Å². The summed E-state index contributed by atoms with van der Waals surface area (Å²) in [6.07, 6.45) is 3.77. The van der Waals surface area contributed by atoms with Crippen LogP contribution in [0.5, 0.6) is 11.5 Å². The molecule has 0 atom stereocenters. The van der Waals surface area contributed by atoms with Crippen molar-refractivity contribution in [2.75, 3.05) is 13.2 Å². The molecule has 0 N–H and O–H groups in total. The van der Waals surface area contributed by atoms with E-state index in [-0.39, 0.29) is 0 Å². The van der Waals surface area contributed by atoms with E-state index in [1.807, 2.05) is 19.1 Å². The Morgan fingerprint density at radius 3 is 2.70 bits per heavy atom. The van der Waals surface area contributed by atoms with Crippen molar-refractivity contribution in [3.05, 3.63) is 27.7 Å². The Balaban J connectivity index is 2.34. The van der Waals surface area contributed by atoms with Gasteiger partial charge in [-0.15, -0.1) is 0 Å². The first-order valence-corrected chi connectivity index (χ1v) is 8.43. The molecule has 1 heterocycles. The van der Waals surface area contributed by atoms with E-state index in [1.165, 1.54) is 0 Å². The van der Waals surface area contributed by atoms with Gasteiger partial charge in [0.2, 0.25) is 0 Å². The van der Waals surface area contributed by atoms with Crippen molar-refractivity contribution < 1.29 is 19.1 Å². The zero-order chi connectivity index (χ0) is 16.8. The van der Waals surface area contributed by atoms with E-state index in [1.54, 1.807) is 13.0 Å². The maximum atomic E-state index is 11.7. The van der Waals surface area contributed by atoms with E-state index in [4.69, 9.17) is 9.47 Å². The number of hydrogen-bond acceptors (Lipinski definition) is 5. The van der Waals surface area contributed by atoms with Gasteiger partial charge in [-0.05, 0) is 60.0 Å². The first kappa shape index (κ1) is 17.5. The summed E-state index contributed by atoms with van der Waals surface area (Å²) in [5.41, 5.74) is 1.82. The Morgan fingerprint density at radius 2 is 2.09 bits per heavy atom. The molecule has 0 bridgehead atoms. The molecule has 0 unspecified atom stereocenters. The van der Waals surface area contributed by atoms with Crippen molar-refractivity contribution in [2.45, 2.75) is 33.6 Å². The minimum Gasteiger partial charge on any atom is -0.490 e. The maximum Gasteiger partial charge on any atom is 0.367 e. The van der Waals surface area contributed by atoms with E-state index in [2.05, 4.69) is 32.8 Å². The third kappa shape index (κ3) is 4.34. The second-order valence-electron chi connectivity index (χ2n) is 5.08. The highest BCUT2D eigenvalue weighted by molar-refractivity contribution is 9.10. The number of hydrogen-bond donors (Lipinski definition) is 0. The van der Waals surface area contributed by atoms with Crippen LogP contribution in [-0.2, 0) is 9.63 Å². The fourth-order valence-electron chi connectivity index (χ4n) is 2.08. The molecule has 6 heteroatoms. The highest BCUT2D eigenvalue weighted by Crippen LogP contribution is 2.38. The SMILES string of the molecule is CCCCOc1c(Br)cc(/C=C2\C(=O)ON=C2C)cc1OCC. The number of benzene rings is 1. The highest BCUT2D eigenvalue weighted by atomic mass is 79.9. The standard InChI is InChI=1S/C17H20BrNO4/c1-4-6-7-22-16-14(18)9-12(10-15(16)21-5-2)8-13-11(3)19-23-17(13)20/h8-10H,4-7H2,1-3H3/b13-8-. The average Bonchev–Trinajstić information content (AvgIpc) is 2.82. The van der Waals surface area contributed by atoms with Crippen molar-refractivity contribution in [1.82, 2.24) is 0 Å². The van der Waals surface area contributed by atoms with E-state index >= 15 is 0 Å². The maximum absolute atomic E-state index is 11.7. The minimum atomic E-state index is -0.445. The van der Waals surface area contributed by atoms with Gasteiger partial charge in [0.1, 0.15) is 0 Å². The molecule has 1 aromatic rings. The summed E-state index contributed by atoms with van der Waals surface area (Å²) in [4.78, 5) is 16.3. The molecule has 0 radical (unpaired) electrons. The molecule has 0 saturated heterocycles. The Hall–Kier alpha value is -1.82. The van der Waals surface area contributed by atoms with Gasteiger partial charge in [-0.3, -0.25) is 0 Å². The fraction of sp³-hybridized carbons (Fsp3) is 0.412. The lowest BCUT2D eigenvalue weighted by Crippen LogP contribution is -2.03. The molecular formula is C17H20BrNO4. The number of carbonyl (C=O) groups is 1. The quantitative estimate of drug-likeness (QED) is 0.400. The zero-order valence-electron chi connectivity index (χ0n) is 13.5. The van der Waals surface area contributed by atoms with Crippen LogP contribution in [0, 0.1) is 0 Å². The predicted molar refractivity (Wildman–Crippen MR) is 92.9 cm³/mol. The number of rotatable bonds is 7. The van der Waals surface area contributed by atoms with Gasteiger partial charge in [0.15, 0.2) is 11.5 Å². The molecule has 0 spiro atoms. The molecule has 0 fully saturated rings. The van der Waals surface area contributed by atoms with Gasteiger partial charge in [-0.1, -0.05) is 18.5 Å². The Labute approximate surface area is 144 Å². The van der Waals surface area contributed by atoms with Crippen molar-refractivity contribution in [2.24, 2.45) is 5.16 Å². The monoisotopic (exact) mass is 381 g/mol. The highest BCUT2D eigenvalue weighted by Gasteiger charge is 2.22. The first-order chi connectivity index (χ1) is 11.1. The lowest BCUT2D eigenvalue weighted by Gasteiger charge is -2.14. The molecule has 2 rings (SSSR count). The third-order valence-electron chi connectivity index (χ3n) is 3.26. The molecule has 1 aliphatic rings. The molecule has 124 valence electrons. The predicted octanol–water partition coefficient (Wildman–Crippen LogP) is 4.34. The van der Waals surface area contributed by atoms with E-state index < -0.39 is 5.97 Å². The van der Waals surface area contributed by atoms with Crippen molar-refractivity contribution >= 4 is 33.7 Å². The van der Waals surface area contributed by atoms with E-state index in [0.29, 0.717) is 36.0 Å². The summed E-state index contributed by atoms with van der Waals surface area (Å²) in [6.45, 7) is 6.92. The Morgan fingerprint density at radius 1 is 1.30 bits per heavy atom. The summed E-state index contributed by atoms with van der Waals surface area (Å²) in [5, 5.41) is 3.67.